The third-order valence-corrected chi connectivity index (χ3v) is 8.54. The van der Waals surface area contributed by atoms with Gasteiger partial charge in [0.05, 0.1) is 11.1 Å². The van der Waals surface area contributed by atoms with Crippen LogP contribution in [0.3, 0.4) is 0 Å². The molecule has 0 spiro atoms. The molecule has 6 heteroatoms. The van der Waals surface area contributed by atoms with E-state index in [2.05, 4.69) is 36.3 Å². The van der Waals surface area contributed by atoms with Crippen LogP contribution in [0.25, 0.3) is 10.9 Å². The Morgan fingerprint density at radius 2 is 1.52 bits per heavy atom. The van der Waals surface area contributed by atoms with Crippen molar-refractivity contribution in [1.82, 2.24) is 10.3 Å². The summed E-state index contributed by atoms with van der Waals surface area (Å²) < 4.78 is 12.4. The minimum atomic E-state index is -0.597. The molecule has 2 N–H and O–H groups in total. The molecule has 1 heterocycles. The molecular formula is C38H38N2O4. The lowest BCUT2D eigenvalue weighted by Crippen LogP contribution is -2.34. The van der Waals surface area contributed by atoms with E-state index in [1.165, 1.54) is 28.3 Å². The molecule has 0 fully saturated rings. The van der Waals surface area contributed by atoms with E-state index in [4.69, 9.17) is 9.47 Å². The van der Waals surface area contributed by atoms with Gasteiger partial charge in [0.2, 0.25) is 5.56 Å². The molecule has 0 radical (unpaired) electrons. The van der Waals surface area contributed by atoms with Crippen molar-refractivity contribution >= 4 is 16.9 Å². The summed E-state index contributed by atoms with van der Waals surface area (Å²) in [5.41, 5.74) is 8.33. The van der Waals surface area contributed by atoms with Crippen LogP contribution in [-0.4, -0.2) is 23.5 Å². The molecule has 224 valence electrons. The normalized spacial score (nSPS) is 13.5. The summed E-state index contributed by atoms with van der Waals surface area (Å²) in [5, 5.41) is 4.49. The van der Waals surface area contributed by atoms with E-state index in [1.807, 2.05) is 60.7 Å². The van der Waals surface area contributed by atoms with Gasteiger partial charge < -0.3 is 19.8 Å². The van der Waals surface area contributed by atoms with Crippen molar-refractivity contribution in [3.05, 3.63) is 146 Å². The van der Waals surface area contributed by atoms with E-state index in [1.54, 1.807) is 18.2 Å². The Hall–Kier alpha value is -4.68. The number of rotatable bonds is 11. The van der Waals surface area contributed by atoms with Crippen LogP contribution in [0.15, 0.2) is 102 Å². The zero-order valence-electron chi connectivity index (χ0n) is 25.3. The number of H-pyrrole nitrogens is 1. The maximum absolute atomic E-state index is 13.3. The summed E-state index contributed by atoms with van der Waals surface area (Å²) in [6.45, 7) is 5.22. The van der Waals surface area contributed by atoms with E-state index in [0.29, 0.717) is 30.0 Å². The van der Waals surface area contributed by atoms with Gasteiger partial charge in [0.1, 0.15) is 18.5 Å². The standard InChI is InChI=1S/C38H38N2O4/c1-3-26-19-29-21-31(22-30(29)20-27(26)4-2)39-23-35(44-38(42)28-13-9-6-10-14-28)32-15-17-34(37-33(32)16-18-36(41)40-37)43-24-25-11-7-5-8-12-25/h5-20,31,35,39H,3-4,21-24H2,1-2H3,(H,40,41). The van der Waals surface area contributed by atoms with Crippen LogP contribution in [-0.2, 0) is 37.0 Å². The molecule has 1 unspecified atom stereocenters. The minimum absolute atomic E-state index is 0.225. The van der Waals surface area contributed by atoms with Gasteiger partial charge in [0, 0.05) is 29.6 Å². The van der Waals surface area contributed by atoms with Crippen LogP contribution >= 0.6 is 0 Å². The number of carbonyl (C=O) groups excluding carboxylic acids is 1. The SMILES string of the molecule is CCc1cc2c(cc1CC)CC(NCC(OC(=O)c1ccccc1)c1ccc(OCc3ccccc3)c3[nH]c(=O)ccc13)C2. The first-order valence-electron chi connectivity index (χ1n) is 15.5. The Morgan fingerprint density at radius 3 is 2.18 bits per heavy atom. The van der Waals surface area contributed by atoms with Crippen molar-refractivity contribution in [3.63, 3.8) is 0 Å². The highest BCUT2D eigenvalue weighted by Crippen LogP contribution is 2.33. The second-order valence-electron chi connectivity index (χ2n) is 11.4. The second kappa shape index (κ2) is 13.3. The van der Waals surface area contributed by atoms with Gasteiger partial charge in [-0.25, -0.2) is 4.79 Å². The number of aromatic amines is 1. The predicted molar refractivity (Wildman–Crippen MR) is 174 cm³/mol. The fourth-order valence-corrected chi connectivity index (χ4v) is 6.22. The molecule has 4 aromatic carbocycles. The Kier molecular flexibility index (Phi) is 8.89. The number of hydrogen-bond acceptors (Lipinski definition) is 5. The van der Waals surface area contributed by atoms with E-state index in [-0.39, 0.29) is 11.6 Å². The number of pyridine rings is 1. The van der Waals surface area contributed by atoms with Crippen LogP contribution in [0.1, 0.15) is 63.7 Å². The van der Waals surface area contributed by atoms with Crippen molar-refractivity contribution in [2.45, 2.75) is 58.3 Å². The molecule has 1 aromatic heterocycles. The number of aromatic nitrogens is 1. The van der Waals surface area contributed by atoms with E-state index >= 15 is 0 Å². The van der Waals surface area contributed by atoms with Crippen LogP contribution in [0.2, 0.25) is 0 Å². The maximum Gasteiger partial charge on any atom is 0.338 e. The first kappa shape index (κ1) is 29.4. The van der Waals surface area contributed by atoms with Crippen molar-refractivity contribution < 1.29 is 14.3 Å². The number of ether oxygens (including phenoxy) is 2. The van der Waals surface area contributed by atoms with Gasteiger partial charge >= 0.3 is 5.97 Å². The molecule has 1 aliphatic rings. The number of hydrogen-bond donors (Lipinski definition) is 2. The second-order valence-corrected chi connectivity index (χ2v) is 11.4. The van der Waals surface area contributed by atoms with Gasteiger partial charge in [-0.1, -0.05) is 80.6 Å². The highest BCUT2D eigenvalue weighted by molar-refractivity contribution is 5.91. The van der Waals surface area contributed by atoms with Crippen LogP contribution in [0, 0.1) is 0 Å². The molecule has 0 saturated carbocycles. The van der Waals surface area contributed by atoms with Crippen LogP contribution in [0.5, 0.6) is 5.75 Å². The third kappa shape index (κ3) is 6.46. The number of carbonyl (C=O) groups is 1. The molecule has 5 aromatic rings. The van der Waals surface area contributed by atoms with Gasteiger partial charge in [0.15, 0.2) is 0 Å². The Labute approximate surface area is 258 Å². The summed E-state index contributed by atoms with van der Waals surface area (Å²) in [4.78, 5) is 28.7. The van der Waals surface area contributed by atoms with E-state index in [9.17, 15) is 9.59 Å². The number of fused-ring (bicyclic) bond motifs is 2. The molecule has 6 rings (SSSR count). The lowest BCUT2D eigenvalue weighted by molar-refractivity contribution is 0.0294. The molecular weight excluding hydrogens is 548 g/mol. The lowest BCUT2D eigenvalue weighted by Gasteiger charge is -2.23. The molecule has 0 saturated heterocycles. The molecule has 1 atom stereocenters. The fourth-order valence-electron chi connectivity index (χ4n) is 6.22. The summed E-state index contributed by atoms with van der Waals surface area (Å²) in [5.74, 6) is 0.172. The largest absolute Gasteiger partial charge is 0.487 e. The average Bonchev–Trinajstić information content (AvgIpc) is 3.47. The molecule has 44 heavy (non-hydrogen) atoms. The van der Waals surface area contributed by atoms with E-state index in [0.717, 1.165) is 42.2 Å². The molecule has 0 bridgehead atoms. The quantitative estimate of drug-likeness (QED) is 0.165. The molecule has 1 aliphatic carbocycles. The van der Waals surface area contributed by atoms with Gasteiger partial charge in [-0.3, -0.25) is 4.79 Å². The van der Waals surface area contributed by atoms with Gasteiger partial charge in [-0.2, -0.15) is 0 Å². The highest BCUT2D eigenvalue weighted by atomic mass is 16.5. The summed E-state index contributed by atoms with van der Waals surface area (Å²) in [7, 11) is 0. The molecule has 0 aliphatic heterocycles. The Morgan fingerprint density at radius 1 is 0.864 bits per heavy atom. The smallest absolute Gasteiger partial charge is 0.338 e. The van der Waals surface area contributed by atoms with E-state index < -0.39 is 12.1 Å². The molecule has 6 nitrogen and oxygen atoms in total. The first-order chi connectivity index (χ1) is 21.5. The predicted octanol–water partition coefficient (Wildman–Crippen LogP) is 6.89. The minimum Gasteiger partial charge on any atom is -0.487 e. The van der Waals surface area contributed by atoms with Crippen LogP contribution in [0.4, 0.5) is 0 Å². The zero-order valence-corrected chi connectivity index (χ0v) is 25.3. The summed E-state index contributed by atoms with van der Waals surface area (Å²) in [6, 6.07) is 31.0. The van der Waals surface area contributed by atoms with Gasteiger partial charge in [0.25, 0.3) is 0 Å². The fraction of sp³-hybridized carbons (Fsp3) is 0.263. The first-order valence-corrected chi connectivity index (χ1v) is 15.5. The van der Waals surface area contributed by atoms with Crippen LogP contribution < -0.4 is 15.6 Å². The van der Waals surface area contributed by atoms with Crippen molar-refractivity contribution in [1.29, 1.82) is 0 Å². The topological polar surface area (TPSA) is 80.4 Å². The number of benzene rings is 4. The Balaban J connectivity index is 1.29. The number of esters is 1. The summed E-state index contributed by atoms with van der Waals surface area (Å²) >= 11 is 0. The maximum atomic E-state index is 13.3. The zero-order chi connectivity index (χ0) is 30.5. The highest BCUT2D eigenvalue weighted by Gasteiger charge is 2.27. The lowest BCUT2D eigenvalue weighted by atomic mass is 9.97. The third-order valence-electron chi connectivity index (χ3n) is 8.54. The van der Waals surface area contributed by atoms with Gasteiger partial charge in [-0.15, -0.1) is 0 Å². The average molecular weight is 587 g/mol. The van der Waals surface area contributed by atoms with Crippen molar-refractivity contribution in [2.75, 3.05) is 6.54 Å². The van der Waals surface area contributed by atoms with Crippen molar-refractivity contribution in [2.24, 2.45) is 0 Å². The molecule has 0 amide bonds. The van der Waals surface area contributed by atoms with Gasteiger partial charge in [-0.05, 0) is 77.8 Å². The van der Waals surface area contributed by atoms with Crippen molar-refractivity contribution in [3.8, 4) is 5.75 Å². The monoisotopic (exact) mass is 586 g/mol. The Bertz CT molecular complexity index is 1780. The number of aryl methyl sites for hydroxylation is 2. The number of nitrogens with one attached hydrogen (secondary N) is 2. The summed E-state index contributed by atoms with van der Waals surface area (Å²) in [6.07, 6.45) is 3.34.